The van der Waals surface area contributed by atoms with Crippen molar-refractivity contribution in [2.75, 3.05) is 13.7 Å². The van der Waals surface area contributed by atoms with Crippen molar-refractivity contribution in [1.29, 1.82) is 0 Å². The molecule has 260 valence electrons. The first-order valence-electron chi connectivity index (χ1n) is 16.6. The van der Waals surface area contributed by atoms with Gasteiger partial charge in [-0.25, -0.2) is 0 Å². The minimum Gasteiger partial charge on any atom is -0.469 e. The summed E-state index contributed by atoms with van der Waals surface area (Å²) in [5.74, 6) is -2.63. The van der Waals surface area contributed by atoms with E-state index in [9.17, 15) is 24.0 Å². The lowest BCUT2D eigenvalue weighted by Crippen LogP contribution is -2.66. The summed E-state index contributed by atoms with van der Waals surface area (Å²) in [7, 11) is 1.41. The van der Waals surface area contributed by atoms with E-state index in [1.165, 1.54) is 34.8 Å². The Morgan fingerprint density at radius 2 is 1.13 bits per heavy atom. The number of carbonyl (C=O) groups is 5. The number of methoxy groups -OCH3 is 1. The molecule has 1 aliphatic heterocycles. The lowest BCUT2D eigenvalue weighted by molar-refractivity contribution is -0.259. The molecule has 12 heteroatoms. The van der Waals surface area contributed by atoms with Gasteiger partial charge in [-0.3, -0.25) is 29.3 Å². The zero-order valence-electron chi connectivity index (χ0n) is 28.3. The van der Waals surface area contributed by atoms with Crippen molar-refractivity contribution in [2.45, 2.75) is 168 Å². The van der Waals surface area contributed by atoms with E-state index in [4.69, 9.17) is 23.7 Å². The minimum absolute atomic E-state index is 0.0147. The number of carbonyl (C=O) groups excluding carboxylic acids is 5. The van der Waals surface area contributed by atoms with Gasteiger partial charge in [0.15, 0.2) is 18.3 Å². The Hall–Kier alpha value is -2.73. The molecule has 1 aliphatic rings. The molecule has 0 radical (unpaired) electrons. The van der Waals surface area contributed by atoms with Crippen LogP contribution in [-0.4, -0.2) is 80.2 Å². The molecule has 0 aromatic carbocycles. The molecule has 0 amide bonds. The van der Waals surface area contributed by atoms with Gasteiger partial charge in [0.05, 0.1) is 7.11 Å². The van der Waals surface area contributed by atoms with Crippen molar-refractivity contribution in [2.24, 2.45) is 0 Å². The SMILES string of the molecule is CCCCCCC(CCCCCCCCCCC(=O)OC)N[C@@H]1O[C@H](COC(C)=O)[C@@H](OC(C)=O)[C@H](OC(C)=O)[C@H]1OC(C)=O. The summed E-state index contributed by atoms with van der Waals surface area (Å²) >= 11 is 0. The van der Waals surface area contributed by atoms with Crippen LogP contribution in [0, 0.1) is 0 Å². The molecule has 6 atom stereocenters. The fourth-order valence-corrected chi connectivity index (χ4v) is 5.55. The number of unbranched alkanes of at least 4 members (excludes halogenated alkanes) is 10. The van der Waals surface area contributed by atoms with Gasteiger partial charge in [0.1, 0.15) is 18.9 Å². The van der Waals surface area contributed by atoms with Crippen LogP contribution in [-0.2, 0) is 52.4 Å². The second-order valence-corrected chi connectivity index (χ2v) is 11.8. The summed E-state index contributed by atoms with van der Waals surface area (Å²) in [6, 6.07) is 0.0147. The Balaban J connectivity index is 2.97. The highest BCUT2D eigenvalue weighted by Crippen LogP contribution is 2.29. The molecule has 1 fully saturated rings. The first-order chi connectivity index (χ1) is 21.5. The van der Waals surface area contributed by atoms with Gasteiger partial charge in [0.25, 0.3) is 0 Å². The Labute approximate surface area is 268 Å². The first kappa shape index (κ1) is 40.3. The van der Waals surface area contributed by atoms with E-state index in [0.717, 1.165) is 89.9 Å². The molecule has 12 nitrogen and oxygen atoms in total. The Bertz CT molecular complexity index is 896. The van der Waals surface area contributed by atoms with Crippen LogP contribution in [0.4, 0.5) is 0 Å². The van der Waals surface area contributed by atoms with Gasteiger partial charge in [-0.2, -0.15) is 0 Å². The fourth-order valence-electron chi connectivity index (χ4n) is 5.55. The number of ether oxygens (including phenoxy) is 6. The van der Waals surface area contributed by atoms with Crippen LogP contribution in [0.15, 0.2) is 0 Å². The van der Waals surface area contributed by atoms with Crippen molar-refractivity contribution >= 4 is 29.8 Å². The van der Waals surface area contributed by atoms with Gasteiger partial charge >= 0.3 is 29.8 Å². The van der Waals surface area contributed by atoms with E-state index in [-0.39, 0.29) is 18.6 Å². The van der Waals surface area contributed by atoms with Crippen molar-refractivity contribution in [1.82, 2.24) is 5.32 Å². The van der Waals surface area contributed by atoms with Gasteiger partial charge < -0.3 is 28.4 Å². The average Bonchev–Trinajstić information content (AvgIpc) is 2.97. The highest BCUT2D eigenvalue weighted by Gasteiger charge is 2.52. The van der Waals surface area contributed by atoms with Crippen molar-refractivity contribution in [3.63, 3.8) is 0 Å². The molecule has 0 aromatic rings. The smallest absolute Gasteiger partial charge is 0.305 e. The highest BCUT2D eigenvalue weighted by atomic mass is 16.7. The number of rotatable bonds is 23. The van der Waals surface area contributed by atoms with Crippen LogP contribution in [0.2, 0.25) is 0 Å². The van der Waals surface area contributed by atoms with Crippen molar-refractivity contribution < 1.29 is 52.4 Å². The second-order valence-electron chi connectivity index (χ2n) is 11.8. The third kappa shape index (κ3) is 18.1. The standard InChI is InChI=1S/C33H57NO11/c1-7-8-9-16-19-27(20-17-14-12-10-11-13-15-18-21-29(39)40-6)34-33-32(44-26(5)38)31(43-25(4)37)30(42-24(3)36)28(45-33)22-41-23(2)35/h27-28,30-34H,7-22H2,1-6H3/t27?,28-,30-,31+,32-,33-/m1/s1. The predicted molar refractivity (Wildman–Crippen MR) is 166 cm³/mol. The number of nitrogens with one attached hydrogen (secondary N) is 1. The third-order valence-corrected chi connectivity index (χ3v) is 7.71. The quantitative estimate of drug-likeness (QED) is 0.0898. The Kier molecular flexibility index (Phi) is 21.1. The van der Waals surface area contributed by atoms with Gasteiger partial charge in [-0.1, -0.05) is 77.6 Å². The van der Waals surface area contributed by atoms with E-state index in [2.05, 4.69) is 17.0 Å². The molecular formula is C33H57NO11. The molecule has 0 saturated carbocycles. The second kappa shape index (κ2) is 23.6. The average molecular weight is 644 g/mol. The molecule has 1 saturated heterocycles. The van der Waals surface area contributed by atoms with Crippen LogP contribution >= 0.6 is 0 Å². The summed E-state index contributed by atoms with van der Waals surface area (Å²) < 4.78 is 32.9. The van der Waals surface area contributed by atoms with E-state index < -0.39 is 54.5 Å². The maximum absolute atomic E-state index is 12.2. The molecule has 0 bridgehead atoms. The normalized spacial score (nSPS) is 21.8. The van der Waals surface area contributed by atoms with E-state index in [1.54, 1.807) is 0 Å². The molecular weight excluding hydrogens is 586 g/mol. The number of hydrogen-bond donors (Lipinski definition) is 1. The summed E-state index contributed by atoms with van der Waals surface area (Å²) in [4.78, 5) is 59.2. The number of hydrogen-bond acceptors (Lipinski definition) is 12. The Morgan fingerprint density at radius 1 is 0.644 bits per heavy atom. The van der Waals surface area contributed by atoms with Crippen molar-refractivity contribution in [3.05, 3.63) is 0 Å². The van der Waals surface area contributed by atoms with Crippen molar-refractivity contribution in [3.8, 4) is 0 Å². The molecule has 1 heterocycles. The van der Waals surface area contributed by atoms with Gasteiger partial charge in [0, 0.05) is 40.2 Å². The summed E-state index contributed by atoms with van der Waals surface area (Å²) in [6.07, 6.45) is 9.59. The van der Waals surface area contributed by atoms with Gasteiger partial charge in [0.2, 0.25) is 0 Å². The molecule has 0 aromatic heterocycles. The van der Waals surface area contributed by atoms with Crippen LogP contribution in [0.5, 0.6) is 0 Å². The lowest BCUT2D eigenvalue weighted by Gasteiger charge is -2.45. The van der Waals surface area contributed by atoms with Crippen LogP contribution in [0.1, 0.15) is 131 Å². The number of esters is 5. The monoisotopic (exact) mass is 643 g/mol. The highest BCUT2D eigenvalue weighted by molar-refractivity contribution is 5.69. The van der Waals surface area contributed by atoms with E-state index in [0.29, 0.717) is 6.42 Å². The maximum Gasteiger partial charge on any atom is 0.305 e. The zero-order valence-corrected chi connectivity index (χ0v) is 28.3. The lowest BCUT2D eigenvalue weighted by atomic mass is 9.95. The molecule has 0 spiro atoms. The zero-order chi connectivity index (χ0) is 33.6. The molecule has 1 unspecified atom stereocenters. The predicted octanol–water partition coefficient (Wildman–Crippen LogP) is 5.07. The topological polar surface area (TPSA) is 153 Å². The minimum atomic E-state index is -1.18. The maximum atomic E-state index is 12.2. The summed E-state index contributed by atoms with van der Waals surface area (Å²) in [5, 5.41) is 3.51. The third-order valence-electron chi connectivity index (χ3n) is 7.71. The van der Waals surface area contributed by atoms with Crippen LogP contribution in [0.3, 0.4) is 0 Å². The molecule has 1 rings (SSSR count). The molecule has 1 N–H and O–H groups in total. The fraction of sp³-hybridized carbons (Fsp3) is 0.848. The van der Waals surface area contributed by atoms with E-state index >= 15 is 0 Å². The van der Waals surface area contributed by atoms with Gasteiger partial charge in [-0.05, 0) is 19.3 Å². The largest absolute Gasteiger partial charge is 0.469 e. The first-order valence-corrected chi connectivity index (χ1v) is 16.6. The molecule has 0 aliphatic carbocycles. The van der Waals surface area contributed by atoms with E-state index in [1.807, 2.05) is 0 Å². The summed E-state index contributed by atoms with van der Waals surface area (Å²) in [5.41, 5.74) is 0. The van der Waals surface area contributed by atoms with Crippen LogP contribution < -0.4 is 5.32 Å². The Morgan fingerprint density at radius 3 is 1.64 bits per heavy atom. The molecule has 45 heavy (non-hydrogen) atoms. The van der Waals surface area contributed by atoms with Crippen LogP contribution in [0.25, 0.3) is 0 Å². The summed E-state index contributed by atoms with van der Waals surface area (Å²) in [6.45, 7) is 6.83. The van der Waals surface area contributed by atoms with Gasteiger partial charge in [-0.15, -0.1) is 0 Å².